The zero-order valence-corrected chi connectivity index (χ0v) is 24.1. The fraction of sp³-hybridized carbons (Fsp3) is 0.667. The van der Waals surface area contributed by atoms with E-state index in [9.17, 15) is 13.8 Å². The van der Waals surface area contributed by atoms with Gasteiger partial charge in [0, 0.05) is 18.8 Å². The summed E-state index contributed by atoms with van der Waals surface area (Å²) in [6.07, 6.45) is 7.19. The van der Waals surface area contributed by atoms with Crippen LogP contribution in [0.1, 0.15) is 71.3 Å². The molecule has 1 saturated carbocycles. The largest absolute Gasteiger partial charge is 0.497 e. The van der Waals surface area contributed by atoms with E-state index in [2.05, 4.69) is 10.6 Å². The van der Waals surface area contributed by atoms with Gasteiger partial charge in [-0.1, -0.05) is 56.5 Å². The normalized spacial score (nSPS) is 21.2. The lowest BCUT2D eigenvalue weighted by Gasteiger charge is -2.29. The Morgan fingerprint density at radius 1 is 1.16 bits per heavy atom. The van der Waals surface area contributed by atoms with Gasteiger partial charge in [0.2, 0.25) is 0 Å². The lowest BCUT2D eigenvalue weighted by Crippen LogP contribution is -2.54. The number of carbonyl (C=O) groups is 2. The summed E-state index contributed by atoms with van der Waals surface area (Å²) >= 11 is 5.73. The van der Waals surface area contributed by atoms with Crippen LogP contribution in [0.15, 0.2) is 24.3 Å². The van der Waals surface area contributed by atoms with Gasteiger partial charge in [0.1, 0.15) is 11.4 Å². The van der Waals surface area contributed by atoms with Crippen LogP contribution in [-0.4, -0.2) is 62.5 Å². The number of rotatable bonds is 9. The van der Waals surface area contributed by atoms with Crippen molar-refractivity contribution >= 4 is 40.0 Å². The van der Waals surface area contributed by atoms with Gasteiger partial charge in [-0.2, -0.15) is 0 Å². The van der Waals surface area contributed by atoms with Gasteiger partial charge in [-0.15, -0.1) is 0 Å². The van der Waals surface area contributed by atoms with Crippen LogP contribution in [0, 0.1) is 5.92 Å². The fourth-order valence-corrected chi connectivity index (χ4v) is 6.40. The summed E-state index contributed by atoms with van der Waals surface area (Å²) in [5.41, 5.74) is 0.325. The van der Waals surface area contributed by atoms with Crippen LogP contribution in [-0.2, 0) is 26.9 Å². The van der Waals surface area contributed by atoms with Gasteiger partial charge in [0.15, 0.2) is 5.37 Å². The van der Waals surface area contributed by atoms with Crippen LogP contribution < -0.4 is 15.4 Å². The van der Waals surface area contributed by atoms with E-state index in [0.29, 0.717) is 23.9 Å². The van der Waals surface area contributed by atoms with Gasteiger partial charge in [-0.05, 0) is 57.2 Å². The highest BCUT2D eigenvalue weighted by atomic mass is 32.2. The topological polar surface area (TPSA) is 97.0 Å². The number of nitrogens with one attached hydrogen (secondary N) is 2. The second-order valence-electron chi connectivity index (χ2n) is 10.8. The second kappa shape index (κ2) is 13.6. The molecule has 1 aliphatic heterocycles. The molecule has 2 N–H and O–H groups in total. The zero-order valence-electron chi connectivity index (χ0n) is 22.4. The molecule has 1 aromatic carbocycles. The summed E-state index contributed by atoms with van der Waals surface area (Å²) < 4.78 is 23.4. The highest BCUT2D eigenvalue weighted by molar-refractivity contribution is 7.86. The molecule has 2 aliphatic rings. The van der Waals surface area contributed by atoms with Crippen LogP contribution in [0.5, 0.6) is 5.75 Å². The monoisotopic (exact) mass is 551 g/mol. The van der Waals surface area contributed by atoms with E-state index in [4.69, 9.17) is 21.7 Å². The number of thiocarbonyl (C=S) groups is 1. The van der Waals surface area contributed by atoms with Crippen LogP contribution in [0.4, 0.5) is 4.79 Å². The Balaban J connectivity index is 1.67. The quantitative estimate of drug-likeness (QED) is 0.442. The highest BCUT2D eigenvalue weighted by Gasteiger charge is 2.42. The fourth-order valence-electron chi connectivity index (χ4n) is 4.77. The predicted molar refractivity (Wildman–Crippen MR) is 150 cm³/mol. The highest BCUT2D eigenvalue weighted by Crippen LogP contribution is 2.28. The molecular formula is C27H41N3O5S2. The van der Waals surface area contributed by atoms with Gasteiger partial charge < -0.3 is 20.1 Å². The van der Waals surface area contributed by atoms with Crippen molar-refractivity contribution in [3.8, 4) is 5.75 Å². The minimum Gasteiger partial charge on any atom is -0.497 e. The summed E-state index contributed by atoms with van der Waals surface area (Å²) in [5, 5.41) is 5.23. The summed E-state index contributed by atoms with van der Waals surface area (Å²) in [7, 11) is 0.121. The molecule has 0 bridgehead atoms. The van der Waals surface area contributed by atoms with Gasteiger partial charge >= 0.3 is 6.09 Å². The smallest absolute Gasteiger partial charge is 0.411 e. The number of nitrogens with zero attached hydrogens (tertiary/aromatic N) is 1. The van der Waals surface area contributed by atoms with Crippen molar-refractivity contribution in [2.45, 2.75) is 89.3 Å². The number of methoxy groups -OCH3 is 1. The maximum atomic E-state index is 13.4. The summed E-state index contributed by atoms with van der Waals surface area (Å²) in [6, 6.07) is 7.29. The molecule has 37 heavy (non-hydrogen) atoms. The Bertz CT molecular complexity index is 958. The van der Waals surface area contributed by atoms with Crippen molar-refractivity contribution in [3.63, 3.8) is 0 Å². The zero-order chi connectivity index (χ0) is 27.0. The van der Waals surface area contributed by atoms with Gasteiger partial charge in [0.05, 0.1) is 28.9 Å². The average Bonchev–Trinajstić information content (AvgIpc) is 3.26. The molecule has 1 aliphatic carbocycles. The number of hydrogen-bond donors (Lipinski definition) is 2. The molecule has 10 heteroatoms. The third-order valence-electron chi connectivity index (χ3n) is 6.76. The molecule has 206 valence electrons. The standard InChI is InChI=1S/C27H41N3O5S2/c1-27(2,3)35-26(32)30-16-17-37(33)25(30)23(31)29-22(15-12-19-8-6-5-7-9-19)24(36)28-18-20-10-13-21(34-4)14-11-20/h10-11,13-14,19,22,25H,5-9,12,15-18H2,1-4H3,(H,28,36)(H,29,31)/t22-,25-,37-/m1/s1. The Labute approximate surface area is 228 Å². The van der Waals surface area contributed by atoms with Crippen LogP contribution in [0.2, 0.25) is 0 Å². The number of hydrogen-bond acceptors (Lipinski definition) is 6. The lowest BCUT2D eigenvalue weighted by molar-refractivity contribution is -0.123. The Morgan fingerprint density at radius 2 is 1.84 bits per heavy atom. The average molecular weight is 552 g/mol. The van der Waals surface area contributed by atoms with Gasteiger partial charge in [0.25, 0.3) is 5.91 Å². The maximum absolute atomic E-state index is 13.4. The lowest BCUT2D eigenvalue weighted by atomic mass is 9.85. The van der Waals surface area contributed by atoms with Crippen molar-refractivity contribution in [3.05, 3.63) is 29.8 Å². The first-order chi connectivity index (χ1) is 17.6. The van der Waals surface area contributed by atoms with Gasteiger partial charge in [-0.3, -0.25) is 13.9 Å². The molecule has 3 atom stereocenters. The van der Waals surface area contributed by atoms with Crippen molar-refractivity contribution in [2.24, 2.45) is 5.92 Å². The Kier molecular flexibility index (Phi) is 10.8. The van der Waals surface area contributed by atoms with Gasteiger partial charge in [-0.25, -0.2) is 4.79 Å². The van der Waals surface area contributed by atoms with Crippen LogP contribution in [0.25, 0.3) is 0 Å². The van der Waals surface area contributed by atoms with E-state index in [1.54, 1.807) is 27.9 Å². The Morgan fingerprint density at radius 3 is 2.46 bits per heavy atom. The molecule has 0 radical (unpaired) electrons. The van der Waals surface area contributed by atoms with Crippen LogP contribution >= 0.6 is 12.2 Å². The SMILES string of the molecule is COc1ccc(CNC(=S)[C@@H](CCC2CCCCC2)NC(=O)[C@@H]2N(C(=O)OC(C)(C)C)CC[S@]2=O)cc1. The number of amides is 2. The van der Waals surface area contributed by atoms with E-state index in [0.717, 1.165) is 17.7 Å². The Hall–Kier alpha value is -2.20. The second-order valence-corrected chi connectivity index (χ2v) is 12.9. The number of benzene rings is 1. The molecule has 0 aromatic heterocycles. The molecule has 1 saturated heterocycles. The van der Waals surface area contributed by atoms with E-state index in [1.165, 1.54) is 37.0 Å². The maximum Gasteiger partial charge on any atom is 0.411 e. The van der Waals surface area contributed by atoms with Crippen LogP contribution in [0.3, 0.4) is 0 Å². The van der Waals surface area contributed by atoms with Crippen molar-refractivity contribution in [1.29, 1.82) is 0 Å². The molecule has 2 amide bonds. The van der Waals surface area contributed by atoms with E-state index in [1.807, 2.05) is 24.3 Å². The molecule has 3 rings (SSSR count). The number of carbonyl (C=O) groups excluding carboxylic acids is 2. The van der Waals surface area contributed by atoms with E-state index in [-0.39, 0.29) is 12.3 Å². The molecule has 8 nitrogen and oxygen atoms in total. The number of ether oxygens (including phenoxy) is 2. The molecular weight excluding hydrogens is 510 g/mol. The molecule has 2 fully saturated rings. The first-order valence-electron chi connectivity index (χ1n) is 13.1. The summed E-state index contributed by atoms with van der Waals surface area (Å²) in [5.74, 6) is 1.19. The summed E-state index contributed by atoms with van der Waals surface area (Å²) in [6.45, 7) is 6.02. The summed E-state index contributed by atoms with van der Waals surface area (Å²) in [4.78, 5) is 27.9. The third-order valence-corrected chi connectivity index (χ3v) is 8.75. The molecule has 0 unspecified atom stereocenters. The first-order valence-corrected chi connectivity index (χ1v) is 14.9. The molecule has 1 heterocycles. The molecule has 0 spiro atoms. The minimum absolute atomic E-state index is 0.215. The van der Waals surface area contributed by atoms with Crippen molar-refractivity contribution < 1.29 is 23.3 Å². The van der Waals surface area contributed by atoms with E-state index < -0.39 is 39.8 Å². The van der Waals surface area contributed by atoms with E-state index >= 15 is 0 Å². The third kappa shape index (κ3) is 8.95. The van der Waals surface area contributed by atoms with Crippen molar-refractivity contribution in [1.82, 2.24) is 15.5 Å². The first kappa shape index (κ1) is 29.4. The van der Waals surface area contributed by atoms with Crippen molar-refractivity contribution in [2.75, 3.05) is 19.4 Å². The predicted octanol–water partition coefficient (Wildman–Crippen LogP) is 4.28. The minimum atomic E-state index is -1.51. The molecule has 1 aromatic rings.